The van der Waals surface area contributed by atoms with Gasteiger partial charge in [-0.05, 0) is 39.0 Å². The van der Waals surface area contributed by atoms with Crippen LogP contribution in [0, 0.1) is 0 Å². The lowest BCUT2D eigenvalue weighted by molar-refractivity contribution is -0.123. The fourth-order valence-electron chi connectivity index (χ4n) is 1.61. The Labute approximate surface area is 118 Å². The summed E-state index contributed by atoms with van der Waals surface area (Å²) in [5.41, 5.74) is 6.38. The molecule has 1 aromatic rings. The number of ether oxygens (including phenoxy) is 1. The molecule has 2 amide bonds. The Hall–Kier alpha value is -2.24. The van der Waals surface area contributed by atoms with Gasteiger partial charge in [0.2, 0.25) is 5.91 Å². The van der Waals surface area contributed by atoms with Crippen LogP contribution in [0.1, 0.15) is 31.1 Å². The number of nitrogen functional groups attached to an aromatic ring is 1. The average Bonchev–Trinajstić information content (AvgIpc) is 2.38. The van der Waals surface area contributed by atoms with Gasteiger partial charge in [-0.25, -0.2) is 0 Å². The molecule has 110 valence electrons. The third-order valence-electron chi connectivity index (χ3n) is 2.68. The zero-order valence-corrected chi connectivity index (χ0v) is 12.2. The number of benzene rings is 1. The van der Waals surface area contributed by atoms with Gasteiger partial charge >= 0.3 is 0 Å². The monoisotopic (exact) mass is 279 g/mol. The molecule has 0 aromatic heterocycles. The second kappa shape index (κ2) is 6.79. The molecule has 0 spiro atoms. The number of carbonyl (C=O) groups excluding carboxylic acids is 2. The molecule has 0 bridgehead atoms. The van der Waals surface area contributed by atoms with E-state index in [1.807, 2.05) is 13.8 Å². The topological polar surface area (TPSA) is 93.4 Å². The first kappa shape index (κ1) is 15.8. The van der Waals surface area contributed by atoms with E-state index in [-0.39, 0.29) is 17.5 Å². The minimum Gasteiger partial charge on any atom is -0.497 e. The van der Waals surface area contributed by atoms with Gasteiger partial charge in [0.1, 0.15) is 11.8 Å². The van der Waals surface area contributed by atoms with Crippen molar-refractivity contribution in [2.24, 2.45) is 0 Å². The van der Waals surface area contributed by atoms with Gasteiger partial charge in [-0.2, -0.15) is 0 Å². The molecule has 1 atom stereocenters. The molecular weight excluding hydrogens is 258 g/mol. The van der Waals surface area contributed by atoms with Gasteiger partial charge in [0, 0.05) is 11.7 Å². The molecule has 1 aromatic carbocycles. The summed E-state index contributed by atoms with van der Waals surface area (Å²) in [7, 11) is 1.51. The average molecular weight is 279 g/mol. The maximum atomic E-state index is 12.1. The highest BCUT2D eigenvalue weighted by molar-refractivity contribution is 6.01. The van der Waals surface area contributed by atoms with Crippen LogP contribution in [-0.2, 0) is 4.79 Å². The van der Waals surface area contributed by atoms with Crippen LogP contribution in [0.15, 0.2) is 18.2 Å². The molecule has 0 radical (unpaired) electrons. The predicted octanol–water partition coefficient (Wildman–Crippen LogP) is 0.920. The van der Waals surface area contributed by atoms with E-state index in [0.29, 0.717) is 11.4 Å². The van der Waals surface area contributed by atoms with Crippen LogP contribution in [0.25, 0.3) is 0 Å². The molecule has 6 nitrogen and oxygen atoms in total. The Morgan fingerprint density at radius 2 is 1.85 bits per heavy atom. The smallest absolute Gasteiger partial charge is 0.254 e. The molecule has 0 fully saturated rings. The number of amides is 2. The van der Waals surface area contributed by atoms with Gasteiger partial charge in [-0.15, -0.1) is 0 Å². The summed E-state index contributed by atoms with van der Waals surface area (Å²) in [5, 5.41) is 5.33. The molecule has 0 heterocycles. The minimum atomic E-state index is -0.643. The third kappa shape index (κ3) is 4.15. The van der Waals surface area contributed by atoms with Crippen molar-refractivity contribution >= 4 is 17.5 Å². The van der Waals surface area contributed by atoms with Crippen molar-refractivity contribution < 1.29 is 14.3 Å². The van der Waals surface area contributed by atoms with E-state index in [1.165, 1.54) is 13.2 Å². The van der Waals surface area contributed by atoms with Crippen molar-refractivity contribution in [3.8, 4) is 5.75 Å². The molecule has 0 saturated carbocycles. The van der Waals surface area contributed by atoms with Crippen molar-refractivity contribution in [3.63, 3.8) is 0 Å². The van der Waals surface area contributed by atoms with Gasteiger partial charge in [0.05, 0.1) is 12.7 Å². The second-order valence-corrected chi connectivity index (χ2v) is 4.81. The summed E-state index contributed by atoms with van der Waals surface area (Å²) in [5.74, 6) is -0.119. The van der Waals surface area contributed by atoms with Gasteiger partial charge < -0.3 is 21.1 Å². The van der Waals surface area contributed by atoms with Crippen molar-refractivity contribution in [2.75, 3.05) is 12.8 Å². The molecule has 1 unspecified atom stereocenters. The van der Waals surface area contributed by atoms with Gasteiger partial charge in [0.15, 0.2) is 0 Å². The first-order valence-corrected chi connectivity index (χ1v) is 6.40. The quantitative estimate of drug-likeness (QED) is 0.699. The van der Waals surface area contributed by atoms with Gasteiger partial charge in [-0.1, -0.05) is 0 Å². The summed E-state index contributed by atoms with van der Waals surface area (Å²) >= 11 is 0. The van der Waals surface area contributed by atoms with Crippen LogP contribution < -0.4 is 21.1 Å². The lowest BCUT2D eigenvalue weighted by atomic mass is 10.1. The number of methoxy groups -OCH3 is 1. The van der Waals surface area contributed by atoms with E-state index in [1.54, 1.807) is 19.1 Å². The Kier molecular flexibility index (Phi) is 5.37. The lowest BCUT2D eigenvalue weighted by Gasteiger charge is -2.16. The summed E-state index contributed by atoms with van der Waals surface area (Å²) in [6.07, 6.45) is 0. The van der Waals surface area contributed by atoms with Crippen LogP contribution in [0.4, 0.5) is 5.69 Å². The molecule has 20 heavy (non-hydrogen) atoms. The van der Waals surface area contributed by atoms with Crippen LogP contribution in [0.2, 0.25) is 0 Å². The predicted molar refractivity (Wildman–Crippen MR) is 77.6 cm³/mol. The molecular formula is C14H21N3O3. The Morgan fingerprint density at radius 3 is 2.40 bits per heavy atom. The normalized spacial score (nSPS) is 11.8. The number of nitrogens with two attached hydrogens (primary N) is 1. The van der Waals surface area contributed by atoms with E-state index < -0.39 is 11.9 Å². The Morgan fingerprint density at radius 1 is 1.20 bits per heavy atom. The van der Waals surface area contributed by atoms with E-state index in [9.17, 15) is 9.59 Å². The van der Waals surface area contributed by atoms with Gasteiger partial charge in [0.25, 0.3) is 5.91 Å². The maximum Gasteiger partial charge on any atom is 0.254 e. The van der Waals surface area contributed by atoms with Crippen LogP contribution in [-0.4, -0.2) is 31.0 Å². The van der Waals surface area contributed by atoms with Crippen molar-refractivity contribution in [1.82, 2.24) is 10.6 Å². The molecule has 4 N–H and O–H groups in total. The Balaban J connectivity index is 2.78. The summed E-state index contributed by atoms with van der Waals surface area (Å²) < 4.78 is 5.05. The van der Waals surface area contributed by atoms with Crippen molar-refractivity contribution in [3.05, 3.63) is 23.8 Å². The number of hydrogen-bond donors (Lipinski definition) is 3. The first-order chi connectivity index (χ1) is 9.35. The van der Waals surface area contributed by atoms with E-state index in [4.69, 9.17) is 10.5 Å². The zero-order chi connectivity index (χ0) is 15.3. The summed E-state index contributed by atoms with van der Waals surface area (Å²) in [6.45, 7) is 5.32. The first-order valence-electron chi connectivity index (χ1n) is 6.40. The molecule has 0 aliphatic rings. The zero-order valence-electron chi connectivity index (χ0n) is 12.2. The molecule has 0 aliphatic carbocycles. The fourth-order valence-corrected chi connectivity index (χ4v) is 1.61. The van der Waals surface area contributed by atoms with Crippen molar-refractivity contribution in [1.29, 1.82) is 0 Å². The number of carbonyl (C=O) groups is 2. The Bertz CT molecular complexity index is 500. The highest BCUT2D eigenvalue weighted by atomic mass is 16.5. The maximum absolute atomic E-state index is 12.1. The summed E-state index contributed by atoms with van der Waals surface area (Å²) in [4.78, 5) is 23.9. The standard InChI is InChI=1S/C14H21N3O3/c1-8(2)16-13(18)9(3)17-14(19)11-7-10(20-4)5-6-12(11)15/h5-9H,15H2,1-4H3,(H,16,18)(H,17,19). The summed E-state index contributed by atoms with van der Waals surface area (Å²) in [6, 6.07) is 4.17. The second-order valence-electron chi connectivity index (χ2n) is 4.81. The van der Waals surface area contributed by atoms with E-state index >= 15 is 0 Å². The largest absolute Gasteiger partial charge is 0.497 e. The highest BCUT2D eigenvalue weighted by Crippen LogP contribution is 2.19. The van der Waals surface area contributed by atoms with Crippen LogP contribution >= 0.6 is 0 Å². The highest BCUT2D eigenvalue weighted by Gasteiger charge is 2.18. The molecule has 0 saturated heterocycles. The van der Waals surface area contributed by atoms with E-state index in [0.717, 1.165) is 0 Å². The van der Waals surface area contributed by atoms with Gasteiger partial charge in [-0.3, -0.25) is 9.59 Å². The number of nitrogens with one attached hydrogen (secondary N) is 2. The molecule has 6 heteroatoms. The minimum absolute atomic E-state index is 0.0174. The number of hydrogen-bond acceptors (Lipinski definition) is 4. The SMILES string of the molecule is COc1ccc(N)c(C(=O)NC(C)C(=O)NC(C)C)c1. The molecule has 1 rings (SSSR count). The third-order valence-corrected chi connectivity index (χ3v) is 2.68. The van der Waals surface area contributed by atoms with Crippen LogP contribution in [0.5, 0.6) is 5.75 Å². The van der Waals surface area contributed by atoms with Crippen molar-refractivity contribution in [2.45, 2.75) is 32.9 Å². The van der Waals surface area contributed by atoms with E-state index in [2.05, 4.69) is 10.6 Å². The lowest BCUT2D eigenvalue weighted by Crippen LogP contribution is -2.46. The molecule has 0 aliphatic heterocycles. The van der Waals surface area contributed by atoms with Crippen LogP contribution in [0.3, 0.4) is 0 Å². The fraction of sp³-hybridized carbons (Fsp3) is 0.429. The number of anilines is 1. The number of rotatable bonds is 5.